The van der Waals surface area contributed by atoms with E-state index in [0.717, 1.165) is 10.8 Å². The molecular weight excluding hydrogens is 434 g/mol. The summed E-state index contributed by atoms with van der Waals surface area (Å²) in [5.41, 5.74) is 0.619. The summed E-state index contributed by atoms with van der Waals surface area (Å²) in [6.07, 6.45) is 0. The number of amides is 1. The second-order valence-corrected chi connectivity index (χ2v) is 9.99. The van der Waals surface area contributed by atoms with Gasteiger partial charge in [-0.25, -0.2) is 17.7 Å². The van der Waals surface area contributed by atoms with Gasteiger partial charge in [0.1, 0.15) is 5.75 Å². The molecule has 3 aromatic carbocycles. The van der Waals surface area contributed by atoms with Crippen molar-refractivity contribution in [1.82, 2.24) is 9.29 Å². The van der Waals surface area contributed by atoms with E-state index < -0.39 is 10.0 Å². The summed E-state index contributed by atoms with van der Waals surface area (Å²) >= 11 is 1.22. The first-order chi connectivity index (χ1) is 14.9. The van der Waals surface area contributed by atoms with Crippen molar-refractivity contribution in [2.45, 2.75) is 11.8 Å². The van der Waals surface area contributed by atoms with E-state index in [4.69, 9.17) is 4.74 Å². The van der Waals surface area contributed by atoms with E-state index in [-0.39, 0.29) is 17.4 Å². The minimum absolute atomic E-state index is 0.158. The summed E-state index contributed by atoms with van der Waals surface area (Å²) in [5, 5.41) is 5.23. The molecule has 0 fully saturated rings. The molecule has 0 spiro atoms. The van der Waals surface area contributed by atoms with Crippen molar-refractivity contribution in [3.05, 3.63) is 60.7 Å². The number of benzene rings is 3. The Morgan fingerprint density at radius 1 is 1.10 bits per heavy atom. The third-order valence-electron chi connectivity index (χ3n) is 4.85. The van der Waals surface area contributed by atoms with Gasteiger partial charge >= 0.3 is 0 Å². The molecule has 31 heavy (non-hydrogen) atoms. The van der Waals surface area contributed by atoms with Gasteiger partial charge in [-0.2, -0.15) is 0 Å². The van der Waals surface area contributed by atoms with Gasteiger partial charge in [0.15, 0.2) is 11.7 Å². The van der Waals surface area contributed by atoms with Crippen molar-refractivity contribution < 1.29 is 17.9 Å². The van der Waals surface area contributed by atoms with E-state index in [9.17, 15) is 13.2 Å². The highest BCUT2D eigenvalue weighted by Gasteiger charge is 2.20. The Morgan fingerprint density at radius 2 is 1.87 bits per heavy atom. The molecule has 0 aliphatic heterocycles. The highest BCUT2D eigenvalue weighted by molar-refractivity contribution is 7.89. The van der Waals surface area contributed by atoms with Crippen LogP contribution < -0.4 is 10.1 Å². The maximum absolute atomic E-state index is 12.5. The van der Waals surface area contributed by atoms with Gasteiger partial charge in [0.2, 0.25) is 10.0 Å². The molecule has 1 N–H and O–H groups in total. The fraction of sp³-hybridized carbons (Fsp3) is 0.182. The van der Waals surface area contributed by atoms with Gasteiger partial charge in [0.25, 0.3) is 5.91 Å². The molecule has 1 heterocycles. The number of thiazole rings is 1. The Bertz CT molecular complexity index is 1370. The number of rotatable bonds is 7. The predicted octanol–water partition coefficient (Wildman–Crippen LogP) is 4.11. The highest BCUT2D eigenvalue weighted by Crippen LogP contribution is 2.29. The van der Waals surface area contributed by atoms with Gasteiger partial charge in [-0.3, -0.25) is 10.1 Å². The molecule has 0 saturated heterocycles. The summed E-state index contributed by atoms with van der Waals surface area (Å²) in [5.74, 6) is 0.263. The van der Waals surface area contributed by atoms with Crippen molar-refractivity contribution in [1.29, 1.82) is 0 Å². The number of nitrogens with one attached hydrogen (secondary N) is 1. The summed E-state index contributed by atoms with van der Waals surface area (Å²) in [4.78, 5) is 16.9. The molecule has 9 heteroatoms. The third kappa shape index (κ3) is 4.53. The molecule has 0 aliphatic carbocycles. The van der Waals surface area contributed by atoms with Crippen LogP contribution in [-0.4, -0.2) is 43.8 Å². The smallest absolute Gasteiger partial charge is 0.264 e. The summed E-state index contributed by atoms with van der Waals surface area (Å²) in [6.45, 7) is 1.99. The maximum atomic E-state index is 12.5. The van der Waals surface area contributed by atoms with Crippen LogP contribution in [0.3, 0.4) is 0 Å². The lowest BCUT2D eigenvalue weighted by Crippen LogP contribution is -2.26. The number of aromatic nitrogens is 1. The number of ether oxygens (including phenoxy) is 1. The fourth-order valence-electron chi connectivity index (χ4n) is 3.03. The normalized spacial score (nSPS) is 11.8. The molecule has 1 aromatic heterocycles. The lowest BCUT2D eigenvalue weighted by atomic mass is 10.1. The van der Waals surface area contributed by atoms with Gasteiger partial charge in [-0.1, -0.05) is 48.6 Å². The lowest BCUT2D eigenvalue weighted by Gasteiger charge is -2.14. The zero-order valence-electron chi connectivity index (χ0n) is 17.0. The first-order valence-corrected chi connectivity index (χ1v) is 11.9. The first-order valence-electron chi connectivity index (χ1n) is 9.65. The zero-order valence-corrected chi connectivity index (χ0v) is 18.7. The van der Waals surface area contributed by atoms with Crippen molar-refractivity contribution in [2.24, 2.45) is 0 Å². The van der Waals surface area contributed by atoms with Crippen LogP contribution in [0.1, 0.15) is 6.92 Å². The van der Waals surface area contributed by atoms with Crippen LogP contribution in [0.2, 0.25) is 0 Å². The van der Waals surface area contributed by atoms with Crippen LogP contribution in [0.25, 0.3) is 21.0 Å². The number of hydrogen-bond acceptors (Lipinski definition) is 6. The van der Waals surface area contributed by atoms with E-state index in [0.29, 0.717) is 27.6 Å². The van der Waals surface area contributed by atoms with Crippen LogP contribution in [0.4, 0.5) is 5.13 Å². The molecule has 4 rings (SSSR count). The topological polar surface area (TPSA) is 88.6 Å². The van der Waals surface area contributed by atoms with Gasteiger partial charge in [0, 0.05) is 13.6 Å². The average Bonchev–Trinajstić information content (AvgIpc) is 3.18. The van der Waals surface area contributed by atoms with Gasteiger partial charge in [-0.05, 0) is 41.1 Å². The molecule has 7 nitrogen and oxygen atoms in total. The average molecular weight is 456 g/mol. The van der Waals surface area contributed by atoms with Crippen LogP contribution in [-0.2, 0) is 14.8 Å². The monoisotopic (exact) mass is 455 g/mol. The molecule has 4 aromatic rings. The largest absolute Gasteiger partial charge is 0.484 e. The van der Waals surface area contributed by atoms with Crippen LogP contribution >= 0.6 is 11.3 Å². The SMILES string of the molecule is CCN(C)S(=O)(=O)c1ccc2nc(NC(=O)COc3ccc4ccccc4c3)sc2c1. The van der Waals surface area contributed by atoms with E-state index in [1.54, 1.807) is 19.1 Å². The summed E-state index contributed by atoms with van der Waals surface area (Å²) in [7, 11) is -2.01. The molecule has 0 saturated carbocycles. The molecule has 160 valence electrons. The van der Waals surface area contributed by atoms with E-state index in [1.165, 1.54) is 28.8 Å². The molecule has 1 amide bonds. The van der Waals surface area contributed by atoms with Crippen molar-refractivity contribution in [3.8, 4) is 5.75 Å². The standard InChI is InChI=1S/C22H21N3O4S2/c1-3-25(2)31(27,28)18-10-11-19-20(13-18)30-22(23-19)24-21(26)14-29-17-9-8-15-6-4-5-7-16(15)12-17/h4-13H,3,14H2,1-2H3,(H,23,24,26). The Kier molecular flexibility index (Phi) is 5.90. The van der Waals surface area contributed by atoms with Crippen LogP contribution in [0.15, 0.2) is 65.6 Å². The number of nitrogens with zero attached hydrogens (tertiary/aromatic N) is 2. The van der Waals surface area contributed by atoms with Crippen LogP contribution in [0, 0.1) is 0 Å². The fourth-order valence-corrected chi connectivity index (χ4v) is 5.23. The molecule has 0 unspecified atom stereocenters. The van der Waals surface area contributed by atoms with Gasteiger partial charge in [0.05, 0.1) is 15.1 Å². The van der Waals surface area contributed by atoms with E-state index in [2.05, 4.69) is 10.3 Å². The molecule has 0 atom stereocenters. The minimum atomic E-state index is -3.54. The number of sulfonamides is 1. The number of anilines is 1. The van der Waals surface area contributed by atoms with Crippen molar-refractivity contribution in [3.63, 3.8) is 0 Å². The Balaban J connectivity index is 1.44. The van der Waals surface area contributed by atoms with Crippen molar-refractivity contribution in [2.75, 3.05) is 25.5 Å². The highest BCUT2D eigenvalue weighted by atomic mass is 32.2. The zero-order chi connectivity index (χ0) is 22.0. The minimum Gasteiger partial charge on any atom is -0.484 e. The Morgan fingerprint density at radius 3 is 2.65 bits per heavy atom. The third-order valence-corrected chi connectivity index (χ3v) is 7.71. The quantitative estimate of drug-likeness (QED) is 0.453. The molecule has 0 radical (unpaired) electrons. The van der Waals surface area contributed by atoms with Crippen LogP contribution in [0.5, 0.6) is 5.75 Å². The summed E-state index contributed by atoms with van der Waals surface area (Å²) < 4.78 is 32.6. The number of fused-ring (bicyclic) bond motifs is 2. The number of carbonyl (C=O) groups is 1. The molecular formula is C22H21N3O4S2. The van der Waals surface area contributed by atoms with Gasteiger partial charge in [-0.15, -0.1) is 0 Å². The Labute approximate surface area is 184 Å². The lowest BCUT2D eigenvalue weighted by molar-refractivity contribution is -0.118. The molecule has 0 aliphatic rings. The van der Waals surface area contributed by atoms with E-state index >= 15 is 0 Å². The van der Waals surface area contributed by atoms with E-state index in [1.807, 2.05) is 42.5 Å². The Hall–Kier alpha value is -3.01. The second-order valence-electron chi connectivity index (χ2n) is 6.91. The first kappa shape index (κ1) is 21.2. The van der Waals surface area contributed by atoms with Crippen molar-refractivity contribution >= 4 is 53.4 Å². The number of carbonyl (C=O) groups excluding carboxylic acids is 1. The second kappa shape index (κ2) is 8.62. The predicted molar refractivity (Wildman–Crippen MR) is 123 cm³/mol. The maximum Gasteiger partial charge on any atom is 0.264 e. The summed E-state index contributed by atoms with van der Waals surface area (Å²) in [6, 6.07) is 18.3. The molecule has 0 bridgehead atoms. The number of hydrogen-bond donors (Lipinski definition) is 1. The van der Waals surface area contributed by atoms with Gasteiger partial charge < -0.3 is 4.74 Å².